The van der Waals surface area contributed by atoms with E-state index in [0.717, 1.165) is 0 Å². The molecule has 4 heteroatoms. The van der Waals surface area contributed by atoms with Crippen molar-refractivity contribution >= 4 is 5.91 Å². The molecule has 0 radical (unpaired) electrons. The van der Waals surface area contributed by atoms with E-state index in [2.05, 4.69) is 0 Å². The zero-order valence-electron chi connectivity index (χ0n) is 4.01. The maximum absolute atomic E-state index is 10.0. The highest BCUT2D eigenvalue weighted by molar-refractivity contribution is 5.79. The van der Waals surface area contributed by atoms with Crippen LogP contribution in [0.25, 0.3) is 0 Å². The fourth-order valence-electron chi connectivity index (χ4n) is 0.102. The number of carbonyl (C=O) groups is 1. The summed E-state index contributed by atoms with van der Waals surface area (Å²) in [4.78, 5) is 10.0. The second kappa shape index (κ2) is 2.54. The quantitative estimate of drug-likeness (QED) is 0.290. The smallest absolute Gasteiger partial charge is 0.259 e. The summed E-state index contributed by atoms with van der Waals surface area (Å²) in [6, 6.07) is -0.634. The maximum Gasteiger partial charge on any atom is 0.259 e. The van der Waals surface area contributed by atoms with Gasteiger partial charge in [0.25, 0.3) is 5.91 Å². The molecule has 0 bridgehead atoms. The predicted molar refractivity (Wildman–Crippen MR) is 23.6 cm³/mol. The van der Waals surface area contributed by atoms with Crippen LogP contribution in [0, 0.1) is 0 Å². The van der Waals surface area contributed by atoms with E-state index >= 15 is 0 Å². The minimum absolute atomic E-state index is 0.569. The van der Waals surface area contributed by atoms with Crippen LogP contribution >= 0.6 is 0 Å². The van der Waals surface area contributed by atoms with Crippen LogP contribution in [-0.2, 0) is 4.79 Å². The van der Waals surface area contributed by atoms with E-state index in [1.54, 1.807) is 0 Å². The first-order chi connectivity index (χ1) is 3.18. The SMILES string of the molecule is CC(N)C(=O)NO. The molecule has 0 aromatic carbocycles. The van der Waals surface area contributed by atoms with Gasteiger partial charge >= 0.3 is 0 Å². The summed E-state index contributed by atoms with van der Waals surface area (Å²) in [5.74, 6) is -0.569. The third kappa shape index (κ3) is 2.13. The zero-order chi connectivity index (χ0) is 5.86. The van der Waals surface area contributed by atoms with E-state index in [-0.39, 0.29) is 0 Å². The lowest BCUT2D eigenvalue weighted by molar-refractivity contribution is -0.130. The molecule has 0 aromatic rings. The molecule has 7 heavy (non-hydrogen) atoms. The molecule has 42 valence electrons. The van der Waals surface area contributed by atoms with E-state index in [9.17, 15) is 4.79 Å². The van der Waals surface area contributed by atoms with Crippen molar-refractivity contribution in [1.82, 2.24) is 5.48 Å². The van der Waals surface area contributed by atoms with Crippen molar-refractivity contribution in [3.8, 4) is 0 Å². The van der Waals surface area contributed by atoms with Gasteiger partial charge in [-0.1, -0.05) is 0 Å². The second-order valence-corrected chi connectivity index (χ2v) is 1.26. The van der Waals surface area contributed by atoms with Crippen molar-refractivity contribution in [2.75, 3.05) is 0 Å². The minimum Gasteiger partial charge on any atom is -0.320 e. The molecule has 0 rings (SSSR count). The van der Waals surface area contributed by atoms with Crippen molar-refractivity contribution in [3.05, 3.63) is 0 Å². The van der Waals surface area contributed by atoms with Gasteiger partial charge in [0.1, 0.15) is 0 Å². The molecule has 0 fully saturated rings. The minimum atomic E-state index is -0.634. The lowest BCUT2D eigenvalue weighted by atomic mass is 10.4. The Morgan fingerprint density at radius 3 is 2.43 bits per heavy atom. The fourth-order valence-corrected chi connectivity index (χ4v) is 0.102. The fraction of sp³-hybridized carbons (Fsp3) is 0.667. The third-order valence-electron chi connectivity index (χ3n) is 0.524. The number of nitrogens with two attached hydrogens (primary N) is 1. The van der Waals surface area contributed by atoms with Crippen LogP contribution in [-0.4, -0.2) is 17.2 Å². The summed E-state index contributed by atoms with van der Waals surface area (Å²) in [5, 5.41) is 7.83. The molecule has 1 amide bonds. The molecule has 4 N–H and O–H groups in total. The lowest BCUT2D eigenvalue weighted by Crippen LogP contribution is -2.36. The lowest BCUT2D eigenvalue weighted by Gasteiger charge is -1.97. The van der Waals surface area contributed by atoms with Gasteiger partial charge in [-0.3, -0.25) is 10.0 Å². The van der Waals surface area contributed by atoms with Gasteiger partial charge in [0.2, 0.25) is 0 Å². The molecule has 0 heterocycles. The Balaban J connectivity index is 3.35. The van der Waals surface area contributed by atoms with Crippen molar-refractivity contribution < 1.29 is 10.0 Å². The molecule has 0 aliphatic heterocycles. The topological polar surface area (TPSA) is 75.4 Å². The molecule has 4 nitrogen and oxygen atoms in total. The van der Waals surface area contributed by atoms with Gasteiger partial charge in [0.05, 0.1) is 6.04 Å². The van der Waals surface area contributed by atoms with Gasteiger partial charge < -0.3 is 5.73 Å². The molecule has 0 aliphatic rings. The molecule has 0 aliphatic carbocycles. The van der Waals surface area contributed by atoms with Crippen LogP contribution in [0.4, 0.5) is 0 Å². The zero-order valence-corrected chi connectivity index (χ0v) is 4.01. The number of hydrogen-bond acceptors (Lipinski definition) is 3. The molecule has 1 unspecified atom stereocenters. The summed E-state index contributed by atoms with van der Waals surface area (Å²) < 4.78 is 0. The van der Waals surface area contributed by atoms with Gasteiger partial charge in [-0.2, -0.15) is 0 Å². The van der Waals surface area contributed by atoms with Gasteiger partial charge in [0.15, 0.2) is 0 Å². The maximum atomic E-state index is 10.0. The van der Waals surface area contributed by atoms with Crippen molar-refractivity contribution in [3.63, 3.8) is 0 Å². The summed E-state index contributed by atoms with van der Waals surface area (Å²) in [6.45, 7) is 1.48. The Hall–Kier alpha value is -0.610. The molecular formula is C3H8N2O2. The van der Waals surface area contributed by atoms with E-state index in [1.165, 1.54) is 12.4 Å². The van der Waals surface area contributed by atoms with E-state index in [1.807, 2.05) is 0 Å². The first-order valence-corrected chi connectivity index (χ1v) is 1.88. The van der Waals surface area contributed by atoms with Gasteiger partial charge in [-0.15, -0.1) is 0 Å². The van der Waals surface area contributed by atoms with Crippen LogP contribution < -0.4 is 11.2 Å². The number of carbonyl (C=O) groups excluding carboxylic acids is 1. The highest BCUT2D eigenvalue weighted by Gasteiger charge is 2.02. The highest BCUT2D eigenvalue weighted by Crippen LogP contribution is 1.68. The largest absolute Gasteiger partial charge is 0.320 e. The number of hydroxylamine groups is 1. The predicted octanol–water partition coefficient (Wildman–Crippen LogP) is -1.16. The summed E-state index contributed by atoms with van der Waals surface area (Å²) in [5.41, 5.74) is 6.37. The first-order valence-electron chi connectivity index (χ1n) is 1.88. The van der Waals surface area contributed by atoms with Crippen LogP contribution in [0.2, 0.25) is 0 Å². The second-order valence-electron chi connectivity index (χ2n) is 1.26. The normalized spacial score (nSPS) is 13.0. The number of hydrogen-bond donors (Lipinski definition) is 3. The van der Waals surface area contributed by atoms with Gasteiger partial charge in [-0.25, -0.2) is 5.48 Å². The molecule has 0 saturated carbocycles. The van der Waals surface area contributed by atoms with Crippen LogP contribution in [0.5, 0.6) is 0 Å². The van der Waals surface area contributed by atoms with Crippen LogP contribution in [0.15, 0.2) is 0 Å². The Morgan fingerprint density at radius 2 is 2.43 bits per heavy atom. The molecule has 1 atom stereocenters. The third-order valence-corrected chi connectivity index (χ3v) is 0.524. The summed E-state index contributed by atoms with van der Waals surface area (Å²) in [7, 11) is 0. The average Bonchev–Trinajstić information content (AvgIpc) is 1.65. The first kappa shape index (κ1) is 6.39. The van der Waals surface area contributed by atoms with E-state index < -0.39 is 11.9 Å². The summed E-state index contributed by atoms with van der Waals surface area (Å²) >= 11 is 0. The van der Waals surface area contributed by atoms with Crippen LogP contribution in [0.3, 0.4) is 0 Å². The monoisotopic (exact) mass is 104 g/mol. The van der Waals surface area contributed by atoms with Gasteiger partial charge in [-0.05, 0) is 6.92 Å². The Kier molecular flexibility index (Phi) is 2.32. The highest BCUT2D eigenvalue weighted by atomic mass is 16.5. The van der Waals surface area contributed by atoms with Gasteiger partial charge in [0, 0.05) is 0 Å². The summed E-state index contributed by atoms with van der Waals surface area (Å²) in [6.07, 6.45) is 0. The standard InChI is InChI=1S/C3H8N2O2/c1-2(4)3(6)5-7/h2,7H,4H2,1H3,(H,5,6). The number of rotatable bonds is 1. The Morgan fingerprint density at radius 1 is 2.00 bits per heavy atom. The Labute approximate surface area is 41.3 Å². The van der Waals surface area contributed by atoms with Crippen molar-refractivity contribution in [1.29, 1.82) is 0 Å². The van der Waals surface area contributed by atoms with E-state index in [4.69, 9.17) is 10.9 Å². The Bertz CT molecular complexity index is 71.3. The van der Waals surface area contributed by atoms with Crippen molar-refractivity contribution in [2.45, 2.75) is 13.0 Å². The number of nitrogens with one attached hydrogen (secondary N) is 1. The van der Waals surface area contributed by atoms with Crippen molar-refractivity contribution in [2.24, 2.45) is 5.73 Å². The van der Waals surface area contributed by atoms with E-state index in [0.29, 0.717) is 0 Å². The number of amides is 1. The average molecular weight is 104 g/mol. The van der Waals surface area contributed by atoms with Crippen LogP contribution in [0.1, 0.15) is 6.92 Å². The molecular weight excluding hydrogens is 96.0 g/mol. The molecule has 0 spiro atoms. The molecule has 0 saturated heterocycles. The molecule has 0 aromatic heterocycles.